The second-order valence-corrected chi connectivity index (χ2v) is 6.28. The van der Waals surface area contributed by atoms with Gasteiger partial charge < -0.3 is 19.7 Å². The molecular formula is C20H24O4. The van der Waals surface area contributed by atoms with Crippen LogP contribution in [-0.2, 0) is 22.7 Å². The zero-order chi connectivity index (χ0) is 16.8. The van der Waals surface area contributed by atoms with E-state index < -0.39 is 18.3 Å². The van der Waals surface area contributed by atoms with E-state index in [-0.39, 0.29) is 6.10 Å². The maximum absolute atomic E-state index is 10.2. The minimum absolute atomic E-state index is 0.121. The maximum Gasteiger partial charge on any atom is 0.106 e. The number of benzene rings is 2. The lowest BCUT2D eigenvalue weighted by Gasteiger charge is -2.36. The van der Waals surface area contributed by atoms with Crippen LogP contribution in [0.3, 0.4) is 0 Å². The number of aliphatic hydroxyl groups is 2. The highest BCUT2D eigenvalue weighted by Crippen LogP contribution is 2.26. The van der Waals surface area contributed by atoms with Crippen LogP contribution in [0.15, 0.2) is 60.7 Å². The van der Waals surface area contributed by atoms with Crippen LogP contribution >= 0.6 is 0 Å². The summed E-state index contributed by atoms with van der Waals surface area (Å²) in [6.45, 7) is 0.917. The first-order valence-electron chi connectivity index (χ1n) is 8.39. The molecule has 2 aromatic rings. The summed E-state index contributed by atoms with van der Waals surface area (Å²) in [4.78, 5) is 0. The molecule has 0 aliphatic heterocycles. The topological polar surface area (TPSA) is 58.9 Å². The first kappa shape index (κ1) is 17.1. The van der Waals surface area contributed by atoms with E-state index in [0.29, 0.717) is 26.1 Å². The summed E-state index contributed by atoms with van der Waals surface area (Å²) in [5.74, 6) is 0. The van der Waals surface area contributed by atoms with E-state index in [1.54, 1.807) is 0 Å². The number of hydrogen-bond acceptors (Lipinski definition) is 4. The zero-order valence-electron chi connectivity index (χ0n) is 13.6. The summed E-state index contributed by atoms with van der Waals surface area (Å²) in [6.07, 6.45) is -1.22. The Morgan fingerprint density at radius 2 is 1.29 bits per heavy atom. The predicted molar refractivity (Wildman–Crippen MR) is 91.3 cm³/mol. The lowest BCUT2D eigenvalue weighted by atomic mass is 9.89. The molecule has 0 aromatic heterocycles. The van der Waals surface area contributed by atoms with Crippen molar-refractivity contribution in [2.24, 2.45) is 0 Å². The third kappa shape index (κ3) is 4.65. The van der Waals surface area contributed by atoms with E-state index in [1.807, 2.05) is 60.7 Å². The van der Waals surface area contributed by atoms with Crippen molar-refractivity contribution in [2.45, 2.75) is 50.5 Å². The van der Waals surface area contributed by atoms with Gasteiger partial charge in [0.05, 0.1) is 31.5 Å². The minimum atomic E-state index is -0.870. The zero-order valence-corrected chi connectivity index (χ0v) is 13.6. The summed E-state index contributed by atoms with van der Waals surface area (Å²) in [7, 11) is 0. The molecule has 128 valence electrons. The van der Waals surface area contributed by atoms with E-state index in [9.17, 15) is 10.2 Å². The normalized spacial score (nSPS) is 27.1. The van der Waals surface area contributed by atoms with Gasteiger partial charge in [-0.05, 0) is 11.1 Å². The fourth-order valence-corrected chi connectivity index (χ4v) is 3.02. The molecule has 0 saturated heterocycles. The van der Waals surface area contributed by atoms with Gasteiger partial charge in [-0.1, -0.05) is 60.7 Å². The van der Waals surface area contributed by atoms with Crippen molar-refractivity contribution in [2.75, 3.05) is 0 Å². The lowest BCUT2D eigenvalue weighted by molar-refractivity contribution is -0.156. The average molecular weight is 328 g/mol. The predicted octanol–water partition coefficient (Wildman–Crippen LogP) is 2.67. The molecule has 0 amide bonds. The molecule has 1 fully saturated rings. The highest BCUT2D eigenvalue weighted by molar-refractivity contribution is 5.14. The monoisotopic (exact) mass is 328 g/mol. The molecule has 3 rings (SSSR count). The molecule has 2 N–H and O–H groups in total. The lowest BCUT2D eigenvalue weighted by Crippen LogP contribution is -2.48. The maximum atomic E-state index is 10.2. The Morgan fingerprint density at radius 1 is 0.750 bits per heavy atom. The van der Waals surface area contributed by atoms with Crippen molar-refractivity contribution in [1.29, 1.82) is 0 Å². The Labute approximate surface area is 142 Å². The van der Waals surface area contributed by atoms with Gasteiger partial charge in [0.15, 0.2) is 0 Å². The molecule has 2 aromatic carbocycles. The van der Waals surface area contributed by atoms with E-state index in [4.69, 9.17) is 9.47 Å². The number of hydrogen-bond donors (Lipinski definition) is 2. The second-order valence-electron chi connectivity index (χ2n) is 6.28. The van der Waals surface area contributed by atoms with E-state index in [1.165, 1.54) is 0 Å². The van der Waals surface area contributed by atoms with Gasteiger partial charge in [0.25, 0.3) is 0 Å². The molecule has 4 atom stereocenters. The van der Waals surface area contributed by atoms with Crippen LogP contribution in [0.4, 0.5) is 0 Å². The van der Waals surface area contributed by atoms with E-state index in [2.05, 4.69) is 0 Å². The number of ether oxygens (including phenoxy) is 2. The van der Waals surface area contributed by atoms with Gasteiger partial charge in [0.2, 0.25) is 0 Å². The van der Waals surface area contributed by atoms with Crippen LogP contribution in [0.2, 0.25) is 0 Å². The van der Waals surface area contributed by atoms with Gasteiger partial charge in [-0.2, -0.15) is 0 Å². The van der Waals surface area contributed by atoms with Gasteiger partial charge in [-0.25, -0.2) is 0 Å². The Balaban J connectivity index is 1.53. The number of rotatable bonds is 6. The van der Waals surface area contributed by atoms with Crippen LogP contribution < -0.4 is 0 Å². The van der Waals surface area contributed by atoms with Gasteiger partial charge >= 0.3 is 0 Å². The first-order valence-corrected chi connectivity index (χ1v) is 8.39. The van der Waals surface area contributed by atoms with E-state index in [0.717, 1.165) is 11.1 Å². The summed E-state index contributed by atoms with van der Waals surface area (Å²) < 4.78 is 11.8. The number of aliphatic hydroxyl groups excluding tert-OH is 2. The minimum Gasteiger partial charge on any atom is -0.390 e. The van der Waals surface area contributed by atoms with Crippen LogP contribution in [0.25, 0.3) is 0 Å². The van der Waals surface area contributed by atoms with Crippen LogP contribution in [-0.4, -0.2) is 34.6 Å². The van der Waals surface area contributed by atoms with Gasteiger partial charge in [-0.3, -0.25) is 0 Å². The van der Waals surface area contributed by atoms with Gasteiger partial charge in [-0.15, -0.1) is 0 Å². The Morgan fingerprint density at radius 3 is 1.88 bits per heavy atom. The average Bonchev–Trinajstić information content (AvgIpc) is 2.63. The molecule has 24 heavy (non-hydrogen) atoms. The molecule has 1 saturated carbocycles. The highest BCUT2D eigenvalue weighted by Gasteiger charge is 2.37. The molecule has 4 heteroatoms. The Hall–Kier alpha value is -1.72. The van der Waals surface area contributed by atoms with Crippen molar-refractivity contribution in [3.8, 4) is 0 Å². The van der Waals surface area contributed by atoms with Gasteiger partial charge in [0, 0.05) is 12.8 Å². The molecule has 0 heterocycles. The SMILES string of the molecule is O[C@@H]1[C@H](O)C[C@@H](OCc2ccccc2)C[C@H]1OCc1ccccc1. The highest BCUT2D eigenvalue weighted by atomic mass is 16.5. The molecule has 0 radical (unpaired) electrons. The third-order valence-corrected chi connectivity index (χ3v) is 4.41. The van der Waals surface area contributed by atoms with E-state index >= 15 is 0 Å². The summed E-state index contributed by atoms with van der Waals surface area (Å²) in [5, 5.41) is 20.3. The van der Waals surface area contributed by atoms with Crippen molar-refractivity contribution in [1.82, 2.24) is 0 Å². The summed E-state index contributed by atoms with van der Waals surface area (Å²) >= 11 is 0. The van der Waals surface area contributed by atoms with Crippen molar-refractivity contribution >= 4 is 0 Å². The van der Waals surface area contributed by atoms with Crippen molar-refractivity contribution in [3.63, 3.8) is 0 Å². The summed E-state index contributed by atoms with van der Waals surface area (Å²) in [5.41, 5.74) is 2.14. The van der Waals surface area contributed by atoms with Crippen molar-refractivity contribution in [3.05, 3.63) is 71.8 Å². The molecule has 0 spiro atoms. The fourth-order valence-electron chi connectivity index (χ4n) is 3.02. The quantitative estimate of drug-likeness (QED) is 0.856. The second kappa shape index (κ2) is 8.40. The first-order chi connectivity index (χ1) is 11.7. The molecule has 1 aliphatic rings. The van der Waals surface area contributed by atoms with Crippen molar-refractivity contribution < 1.29 is 19.7 Å². The largest absolute Gasteiger partial charge is 0.390 e. The Kier molecular flexibility index (Phi) is 5.99. The van der Waals surface area contributed by atoms with Crippen LogP contribution in [0, 0.1) is 0 Å². The molecule has 0 unspecified atom stereocenters. The molecule has 4 nitrogen and oxygen atoms in total. The van der Waals surface area contributed by atoms with Crippen LogP contribution in [0.1, 0.15) is 24.0 Å². The Bertz CT molecular complexity index is 602. The summed E-state index contributed by atoms with van der Waals surface area (Å²) in [6, 6.07) is 19.8. The molecule has 1 aliphatic carbocycles. The third-order valence-electron chi connectivity index (χ3n) is 4.41. The standard InChI is InChI=1S/C20H24O4/c21-18-11-17(23-13-15-7-3-1-4-8-15)12-19(20(18)22)24-14-16-9-5-2-6-10-16/h1-10,17-22H,11-14H2/t17-,18-,19-,20-/m1/s1. The smallest absolute Gasteiger partial charge is 0.106 e. The fraction of sp³-hybridized carbons (Fsp3) is 0.400. The molecule has 0 bridgehead atoms. The van der Waals surface area contributed by atoms with Gasteiger partial charge in [0.1, 0.15) is 6.10 Å². The molecular weight excluding hydrogens is 304 g/mol. The van der Waals surface area contributed by atoms with Crippen LogP contribution in [0.5, 0.6) is 0 Å².